The van der Waals surface area contributed by atoms with Crippen LogP contribution in [-0.2, 0) is 16.0 Å². The predicted molar refractivity (Wildman–Crippen MR) is 104 cm³/mol. The van der Waals surface area contributed by atoms with Crippen LogP contribution in [-0.4, -0.2) is 40.1 Å². The van der Waals surface area contributed by atoms with Crippen molar-refractivity contribution in [2.45, 2.75) is 57.1 Å². The number of aromatic nitrogens is 1. The summed E-state index contributed by atoms with van der Waals surface area (Å²) in [6.07, 6.45) is 11.3. The fraction of sp³-hybridized carbons (Fsp3) is 0.591. The van der Waals surface area contributed by atoms with Crippen LogP contribution in [0.5, 0.6) is 0 Å². The van der Waals surface area contributed by atoms with Gasteiger partial charge in [-0.1, -0.05) is 12.2 Å². The van der Waals surface area contributed by atoms with Crippen LogP contribution in [0.2, 0.25) is 0 Å². The summed E-state index contributed by atoms with van der Waals surface area (Å²) in [5.41, 5.74) is 2.58. The molecule has 4 bridgehead atoms. The van der Waals surface area contributed by atoms with Crippen LogP contribution in [0.25, 0.3) is 6.08 Å². The van der Waals surface area contributed by atoms with E-state index in [0.717, 1.165) is 55.5 Å². The first-order valence-corrected chi connectivity index (χ1v) is 10.3. The molecule has 5 atom stereocenters. The highest BCUT2D eigenvalue weighted by molar-refractivity contribution is 5.99. The second-order valence-electron chi connectivity index (χ2n) is 9.16. The molecule has 6 rings (SSSR count). The summed E-state index contributed by atoms with van der Waals surface area (Å²) in [6.45, 7) is 1.17. The third-order valence-electron chi connectivity index (χ3n) is 6.97. The summed E-state index contributed by atoms with van der Waals surface area (Å²) in [7, 11) is 0. The zero-order chi connectivity index (χ0) is 19.5. The van der Waals surface area contributed by atoms with Gasteiger partial charge < -0.3 is 15.2 Å². The van der Waals surface area contributed by atoms with Crippen molar-refractivity contribution in [1.82, 2.24) is 4.98 Å². The summed E-state index contributed by atoms with van der Waals surface area (Å²) in [5, 5.41) is 14.5. The number of ether oxygens (including phenoxy) is 1. The quantitative estimate of drug-likeness (QED) is 0.762. The highest BCUT2D eigenvalue weighted by Gasteiger charge is 2.54. The first-order valence-electron chi connectivity index (χ1n) is 10.3. The van der Waals surface area contributed by atoms with Gasteiger partial charge in [0.05, 0.1) is 17.0 Å². The minimum Gasteiger partial charge on any atom is -0.454 e. The number of rotatable bonds is 5. The van der Waals surface area contributed by atoms with Gasteiger partial charge in [-0.15, -0.1) is 0 Å². The lowest BCUT2D eigenvalue weighted by Gasteiger charge is -2.58. The summed E-state index contributed by atoms with van der Waals surface area (Å²) in [6, 6.07) is 0.247. The van der Waals surface area contributed by atoms with E-state index in [1.165, 1.54) is 6.92 Å². The number of fused-ring (bicyclic) bond motifs is 1. The Balaban J connectivity index is 1.46. The van der Waals surface area contributed by atoms with Crippen LogP contribution in [0, 0.1) is 17.8 Å². The van der Waals surface area contributed by atoms with Gasteiger partial charge in [0.15, 0.2) is 5.78 Å². The molecule has 0 amide bonds. The number of esters is 1. The molecule has 0 radical (unpaired) electrons. The number of pyridine rings is 1. The first-order chi connectivity index (χ1) is 13.4. The van der Waals surface area contributed by atoms with Crippen molar-refractivity contribution in [3.8, 4) is 0 Å². The van der Waals surface area contributed by atoms with Gasteiger partial charge in [-0.2, -0.15) is 0 Å². The molecule has 5 aliphatic rings. The maximum Gasteiger partial charge on any atom is 0.342 e. The van der Waals surface area contributed by atoms with Crippen LogP contribution in [0.4, 0.5) is 5.69 Å². The Kier molecular flexibility index (Phi) is 4.09. The lowest BCUT2D eigenvalue weighted by molar-refractivity contribution is -0.129. The molecule has 4 fully saturated rings. The molecule has 0 aromatic carbocycles. The SMILES string of the molecule is CC(=O)COC(=O)c1cnc2c(c1NC1[C@@H]3CC4C[C@H]1CC(O)(C4)C3)C=CC2. The highest BCUT2D eigenvalue weighted by Crippen LogP contribution is 2.56. The number of anilines is 1. The molecule has 6 nitrogen and oxygen atoms in total. The van der Waals surface area contributed by atoms with E-state index < -0.39 is 11.6 Å². The average Bonchev–Trinajstić information content (AvgIpc) is 3.10. The third kappa shape index (κ3) is 2.94. The summed E-state index contributed by atoms with van der Waals surface area (Å²) < 4.78 is 5.18. The van der Waals surface area contributed by atoms with Gasteiger partial charge in [0.2, 0.25) is 0 Å². The molecule has 5 aliphatic carbocycles. The number of Topliss-reactive ketones (excluding diaryl/α,β-unsaturated/α-hetero) is 1. The number of ketones is 1. The summed E-state index contributed by atoms with van der Waals surface area (Å²) >= 11 is 0. The fourth-order valence-electron chi connectivity index (χ4n) is 6.14. The van der Waals surface area contributed by atoms with Crippen LogP contribution < -0.4 is 5.32 Å². The molecular weight excluding hydrogens is 356 g/mol. The molecule has 2 N–H and O–H groups in total. The molecule has 0 aliphatic heterocycles. The van der Waals surface area contributed by atoms with E-state index in [4.69, 9.17) is 4.74 Å². The van der Waals surface area contributed by atoms with E-state index in [0.29, 0.717) is 23.3 Å². The molecule has 4 saturated carbocycles. The van der Waals surface area contributed by atoms with Crippen molar-refractivity contribution in [3.05, 3.63) is 29.1 Å². The molecule has 0 saturated heterocycles. The molecule has 1 heterocycles. The second kappa shape index (κ2) is 6.41. The maximum atomic E-state index is 12.6. The van der Waals surface area contributed by atoms with Crippen molar-refractivity contribution < 1.29 is 19.4 Å². The van der Waals surface area contributed by atoms with Crippen LogP contribution in [0.1, 0.15) is 60.6 Å². The summed E-state index contributed by atoms with van der Waals surface area (Å²) in [4.78, 5) is 28.3. The second-order valence-corrected chi connectivity index (χ2v) is 9.16. The van der Waals surface area contributed by atoms with E-state index in [1.54, 1.807) is 6.20 Å². The largest absolute Gasteiger partial charge is 0.454 e. The Morgan fingerprint density at radius 2 is 2.04 bits per heavy atom. The molecule has 3 unspecified atom stereocenters. The minimum absolute atomic E-state index is 0.189. The van der Waals surface area contributed by atoms with Gasteiger partial charge in [0.25, 0.3) is 0 Å². The Morgan fingerprint density at radius 3 is 2.71 bits per heavy atom. The first kappa shape index (κ1) is 17.9. The lowest BCUT2D eigenvalue weighted by atomic mass is 9.52. The van der Waals surface area contributed by atoms with E-state index in [-0.39, 0.29) is 18.4 Å². The number of aliphatic hydroxyl groups is 1. The van der Waals surface area contributed by atoms with Crippen molar-refractivity contribution in [1.29, 1.82) is 0 Å². The Labute approximate surface area is 164 Å². The molecular formula is C22H26N2O4. The molecule has 6 heteroatoms. The standard InChI is InChI=1S/C22H26N2O4/c1-12(25)11-28-21(26)17-10-23-18-4-2-3-16(18)20(17)24-19-14-5-13-6-15(19)9-22(27,7-13)8-14/h2-3,10,13-15,19,27H,4-9,11H2,1H3,(H,23,24)/t13?,14-,15+,19?,22?. The average molecular weight is 382 g/mol. The van der Waals surface area contributed by atoms with Gasteiger partial charge in [-0.25, -0.2) is 4.79 Å². The Bertz CT molecular complexity index is 862. The number of hydrogen-bond acceptors (Lipinski definition) is 6. The fourth-order valence-corrected chi connectivity index (χ4v) is 6.14. The van der Waals surface area contributed by atoms with Crippen molar-refractivity contribution in [3.63, 3.8) is 0 Å². The minimum atomic E-state index is -0.518. The Morgan fingerprint density at radius 1 is 1.29 bits per heavy atom. The van der Waals surface area contributed by atoms with Gasteiger partial charge in [-0.3, -0.25) is 9.78 Å². The van der Waals surface area contributed by atoms with Crippen molar-refractivity contribution >= 4 is 23.5 Å². The number of hydrogen-bond donors (Lipinski definition) is 2. The number of carbonyl (C=O) groups excluding carboxylic acids is 2. The van der Waals surface area contributed by atoms with Crippen molar-refractivity contribution in [2.24, 2.45) is 17.8 Å². The number of nitrogens with one attached hydrogen (secondary N) is 1. The van der Waals surface area contributed by atoms with Gasteiger partial charge in [0.1, 0.15) is 12.2 Å². The van der Waals surface area contributed by atoms with Gasteiger partial charge in [0, 0.05) is 24.2 Å². The molecule has 28 heavy (non-hydrogen) atoms. The smallest absolute Gasteiger partial charge is 0.342 e. The van der Waals surface area contributed by atoms with Gasteiger partial charge in [-0.05, 0) is 56.8 Å². The van der Waals surface area contributed by atoms with Crippen LogP contribution >= 0.6 is 0 Å². The van der Waals surface area contributed by atoms with E-state index in [9.17, 15) is 14.7 Å². The molecule has 0 spiro atoms. The lowest BCUT2D eigenvalue weighted by Crippen LogP contribution is -2.59. The zero-order valence-electron chi connectivity index (χ0n) is 16.1. The zero-order valence-corrected chi connectivity index (χ0v) is 16.1. The van der Waals surface area contributed by atoms with Crippen molar-refractivity contribution in [2.75, 3.05) is 11.9 Å². The van der Waals surface area contributed by atoms with E-state index in [2.05, 4.69) is 10.3 Å². The van der Waals surface area contributed by atoms with E-state index >= 15 is 0 Å². The van der Waals surface area contributed by atoms with Crippen LogP contribution in [0.3, 0.4) is 0 Å². The highest BCUT2D eigenvalue weighted by atomic mass is 16.5. The van der Waals surface area contributed by atoms with Gasteiger partial charge >= 0.3 is 5.97 Å². The third-order valence-corrected chi connectivity index (χ3v) is 6.97. The topological polar surface area (TPSA) is 88.5 Å². The monoisotopic (exact) mass is 382 g/mol. The number of nitrogens with zero attached hydrogens (tertiary/aromatic N) is 1. The normalized spacial score (nSPS) is 34.4. The summed E-state index contributed by atoms with van der Waals surface area (Å²) in [5.74, 6) is 0.767. The van der Waals surface area contributed by atoms with E-state index in [1.807, 2.05) is 12.2 Å². The molecule has 1 aromatic rings. The van der Waals surface area contributed by atoms with Crippen LogP contribution in [0.15, 0.2) is 12.3 Å². The Hall–Kier alpha value is -2.21. The molecule has 148 valence electrons. The number of allylic oxidation sites excluding steroid dienone is 1. The molecule has 1 aromatic heterocycles. The number of carbonyl (C=O) groups is 2. The predicted octanol–water partition coefficient (Wildman–Crippen LogP) is 2.75. The maximum absolute atomic E-state index is 12.6.